The molecule has 0 aliphatic rings. The summed E-state index contributed by atoms with van der Waals surface area (Å²) >= 11 is 0. The summed E-state index contributed by atoms with van der Waals surface area (Å²) in [6, 6.07) is 20.8. The van der Waals surface area contributed by atoms with Gasteiger partial charge in [0.05, 0.1) is 16.8 Å². The van der Waals surface area contributed by atoms with E-state index in [1.807, 2.05) is 0 Å². The smallest absolute Gasteiger partial charge is 0.271 e. The molecule has 8 heteroatoms. The number of carbonyl (C=O) groups excluding carboxylic acids is 1. The first kappa shape index (κ1) is 20.1. The van der Waals surface area contributed by atoms with Crippen molar-refractivity contribution in [1.82, 2.24) is 5.43 Å². The second kappa shape index (κ2) is 8.57. The number of carbonyl (C=O) groups is 1. The topological polar surface area (TPSA) is 99.1 Å². The van der Waals surface area contributed by atoms with Crippen molar-refractivity contribution in [3.05, 3.63) is 90.0 Å². The first-order chi connectivity index (χ1) is 13.9. The van der Waals surface area contributed by atoms with Crippen molar-refractivity contribution in [2.24, 2.45) is 5.10 Å². The molecular weight excluding hydrogens is 390 g/mol. The number of amides is 1. The van der Waals surface area contributed by atoms with Crippen LogP contribution >= 0.6 is 0 Å². The van der Waals surface area contributed by atoms with Gasteiger partial charge >= 0.3 is 0 Å². The molecule has 0 atom stereocenters. The van der Waals surface area contributed by atoms with Crippen LogP contribution in [0.15, 0.2) is 88.9 Å². The molecule has 0 saturated heterocycles. The molecule has 2 N–H and O–H groups in total. The van der Waals surface area contributed by atoms with Crippen LogP contribution in [-0.2, 0) is 10.0 Å². The zero-order valence-corrected chi connectivity index (χ0v) is 16.4. The van der Waals surface area contributed by atoms with Crippen molar-refractivity contribution in [2.45, 2.75) is 4.90 Å². The van der Waals surface area contributed by atoms with Crippen molar-refractivity contribution in [3.8, 4) is 5.75 Å². The maximum Gasteiger partial charge on any atom is 0.271 e. The number of sulfonamides is 1. The van der Waals surface area contributed by atoms with E-state index in [0.717, 1.165) is 4.31 Å². The Labute approximate surface area is 169 Å². The Bertz CT molecular complexity index is 1130. The summed E-state index contributed by atoms with van der Waals surface area (Å²) < 4.78 is 26.5. The molecule has 0 heterocycles. The predicted octanol–water partition coefficient (Wildman–Crippen LogP) is 2.98. The number of benzene rings is 3. The molecule has 0 aliphatic heterocycles. The lowest BCUT2D eigenvalue weighted by Gasteiger charge is -2.19. The number of nitrogens with one attached hydrogen (secondary N) is 1. The van der Waals surface area contributed by atoms with E-state index < -0.39 is 15.9 Å². The lowest BCUT2D eigenvalue weighted by molar-refractivity contribution is 0.0955. The molecule has 29 heavy (non-hydrogen) atoms. The maximum absolute atomic E-state index is 12.7. The van der Waals surface area contributed by atoms with Crippen LogP contribution in [0.25, 0.3) is 0 Å². The van der Waals surface area contributed by atoms with E-state index in [2.05, 4.69) is 10.5 Å². The van der Waals surface area contributed by atoms with Crippen LogP contribution in [0.1, 0.15) is 15.9 Å². The number of hydrazone groups is 1. The van der Waals surface area contributed by atoms with Crippen LogP contribution in [0.2, 0.25) is 0 Å². The largest absolute Gasteiger partial charge is 0.507 e. The van der Waals surface area contributed by atoms with E-state index in [4.69, 9.17) is 0 Å². The van der Waals surface area contributed by atoms with E-state index in [9.17, 15) is 18.3 Å². The quantitative estimate of drug-likeness (QED) is 0.483. The molecule has 0 bridgehead atoms. The Kier molecular flexibility index (Phi) is 5.94. The number of phenolic OH excluding ortho intramolecular Hbond substituents is 1. The van der Waals surface area contributed by atoms with Crippen molar-refractivity contribution < 1.29 is 18.3 Å². The van der Waals surface area contributed by atoms with Gasteiger partial charge in [-0.3, -0.25) is 9.10 Å². The summed E-state index contributed by atoms with van der Waals surface area (Å²) in [5.74, 6) is -0.408. The Balaban J connectivity index is 1.69. The zero-order valence-electron chi connectivity index (χ0n) is 15.6. The predicted molar refractivity (Wildman–Crippen MR) is 112 cm³/mol. The molecule has 3 aromatic rings. The number of para-hydroxylation sites is 1. The van der Waals surface area contributed by atoms with Crippen LogP contribution in [0.4, 0.5) is 5.69 Å². The third kappa shape index (κ3) is 4.61. The van der Waals surface area contributed by atoms with Gasteiger partial charge in [-0.15, -0.1) is 0 Å². The summed E-state index contributed by atoms with van der Waals surface area (Å²) in [7, 11) is -2.24. The molecular formula is C21H19N3O4S. The fraction of sp³-hybridized carbons (Fsp3) is 0.0476. The molecule has 0 unspecified atom stereocenters. The van der Waals surface area contributed by atoms with Gasteiger partial charge in [0.15, 0.2) is 0 Å². The maximum atomic E-state index is 12.7. The molecule has 7 nitrogen and oxygen atoms in total. The number of hydrogen-bond donors (Lipinski definition) is 2. The van der Waals surface area contributed by atoms with Crippen molar-refractivity contribution in [2.75, 3.05) is 11.4 Å². The van der Waals surface area contributed by atoms with Crippen LogP contribution < -0.4 is 9.73 Å². The van der Waals surface area contributed by atoms with Crippen molar-refractivity contribution in [3.63, 3.8) is 0 Å². The summed E-state index contributed by atoms with van der Waals surface area (Å²) in [6.45, 7) is 0. The molecule has 0 saturated carbocycles. The number of aromatic hydroxyl groups is 1. The summed E-state index contributed by atoms with van der Waals surface area (Å²) in [5.41, 5.74) is 3.57. The summed E-state index contributed by atoms with van der Waals surface area (Å²) in [4.78, 5) is 12.4. The number of phenols is 1. The van der Waals surface area contributed by atoms with E-state index in [-0.39, 0.29) is 10.6 Å². The third-order valence-corrected chi connectivity index (χ3v) is 6.00. The molecule has 148 valence electrons. The minimum atomic E-state index is -3.69. The summed E-state index contributed by atoms with van der Waals surface area (Å²) in [6.07, 6.45) is 1.34. The molecule has 3 aromatic carbocycles. The molecule has 0 spiro atoms. The SMILES string of the molecule is CN(c1ccc(C(=O)NN=Cc2ccccc2O)cc1)S(=O)(=O)c1ccccc1. The minimum Gasteiger partial charge on any atom is -0.507 e. The molecule has 0 aromatic heterocycles. The van der Waals surface area contributed by atoms with Gasteiger partial charge < -0.3 is 5.11 Å². The van der Waals surface area contributed by atoms with Gasteiger partial charge in [0, 0.05) is 18.2 Å². The fourth-order valence-corrected chi connectivity index (χ4v) is 3.75. The summed E-state index contributed by atoms with van der Waals surface area (Å²) in [5, 5.41) is 13.5. The molecule has 0 radical (unpaired) electrons. The van der Waals surface area contributed by atoms with Crippen LogP contribution in [0.5, 0.6) is 5.75 Å². The highest BCUT2D eigenvalue weighted by Crippen LogP contribution is 2.22. The molecule has 0 fully saturated rings. The van der Waals surface area contributed by atoms with Crippen LogP contribution in [-0.4, -0.2) is 32.7 Å². The van der Waals surface area contributed by atoms with Crippen LogP contribution in [0, 0.1) is 0 Å². The number of hydrogen-bond acceptors (Lipinski definition) is 5. The van der Waals surface area contributed by atoms with Gasteiger partial charge in [0.2, 0.25) is 0 Å². The lowest BCUT2D eigenvalue weighted by atomic mass is 10.2. The van der Waals surface area contributed by atoms with E-state index in [1.165, 1.54) is 43.6 Å². The van der Waals surface area contributed by atoms with Crippen molar-refractivity contribution in [1.29, 1.82) is 0 Å². The highest BCUT2D eigenvalue weighted by Gasteiger charge is 2.21. The van der Waals surface area contributed by atoms with E-state index >= 15 is 0 Å². The van der Waals surface area contributed by atoms with E-state index in [1.54, 1.807) is 48.5 Å². The highest BCUT2D eigenvalue weighted by atomic mass is 32.2. The standard InChI is InChI=1S/C21H19N3O4S/c1-24(29(27,28)19-8-3-2-4-9-19)18-13-11-16(12-14-18)21(26)23-22-15-17-7-5-6-10-20(17)25/h2-15,25H,1H3,(H,23,26). The Morgan fingerprint density at radius 2 is 1.59 bits per heavy atom. The van der Waals surface area contributed by atoms with Gasteiger partial charge in [0.25, 0.3) is 15.9 Å². The Morgan fingerprint density at radius 3 is 2.24 bits per heavy atom. The fourth-order valence-electron chi connectivity index (χ4n) is 2.53. The van der Waals surface area contributed by atoms with Crippen LogP contribution in [0.3, 0.4) is 0 Å². The first-order valence-electron chi connectivity index (χ1n) is 8.65. The second-order valence-corrected chi connectivity index (χ2v) is 8.06. The zero-order chi connectivity index (χ0) is 20.9. The average Bonchev–Trinajstić information content (AvgIpc) is 2.75. The molecule has 3 rings (SSSR count). The van der Waals surface area contributed by atoms with E-state index in [0.29, 0.717) is 16.8 Å². The van der Waals surface area contributed by atoms with Crippen molar-refractivity contribution >= 4 is 27.8 Å². The average molecular weight is 409 g/mol. The van der Waals surface area contributed by atoms with Gasteiger partial charge in [-0.25, -0.2) is 13.8 Å². The normalized spacial score (nSPS) is 11.3. The Morgan fingerprint density at radius 1 is 0.966 bits per heavy atom. The molecule has 1 amide bonds. The van der Waals surface area contributed by atoms with Gasteiger partial charge in [-0.2, -0.15) is 5.10 Å². The first-order valence-corrected chi connectivity index (χ1v) is 10.1. The number of anilines is 1. The second-order valence-electron chi connectivity index (χ2n) is 6.09. The number of nitrogens with zero attached hydrogens (tertiary/aromatic N) is 2. The van der Waals surface area contributed by atoms with Gasteiger partial charge in [-0.05, 0) is 48.5 Å². The monoisotopic (exact) mass is 409 g/mol. The van der Waals surface area contributed by atoms with Gasteiger partial charge in [0.1, 0.15) is 5.75 Å². The Hall–Kier alpha value is -3.65. The van der Waals surface area contributed by atoms with Gasteiger partial charge in [-0.1, -0.05) is 30.3 Å². The lowest BCUT2D eigenvalue weighted by Crippen LogP contribution is -2.26. The highest BCUT2D eigenvalue weighted by molar-refractivity contribution is 7.92. The minimum absolute atomic E-state index is 0.0533. The third-order valence-electron chi connectivity index (χ3n) is 4.20. The number of rotatable bonds is 6. The molecule has 0 aliphatic carbocycles.